The van der Waals surface area contributed by atoms with Crippen LogP contribution in [0.1, 0.15) is 12.5 Å². The zero-order valence-corrected chi connectivity index (χ0v) is 17.0. The van der Waals surface area contributed by atoms with E-state index in [1.807, 2.05) is 0 Å². The molecular weight excluding hydrogens is 450 g/mol. The van der Waals surface area contributed by atoms with E-state index in [0.29, 0.717) is 17.8 Å². The summed E-state index contributed by atoms with van der Waals surface area (Å²) in [6.07, 6.45) is 3.10. The highest BCUT2D eigenvalue weighted by Gasteiger charge is 2.31. The lowest BCUT2D eigenvalue weighted by Gasteiger charge is -2.10. The number of halogens is 1. The highest BCUT2D eigenvalue weighted by molar-refractivity contribution is 9.10. The molecule has 0 aliphatic carbocycles. The normalized spacial score (nSPS) is 18.4. The summed E-state index contributed by atoms with van der Waals surface area (Å²) in [6.45, 7) is -0.194. The number of nitrogens with one attached hydrogen (secondary N) is 1. The minimum absolute atomic E-state index is 0.00978. The first-order valence-electron chi connectivity index (χ1n) is 8.51. The molecule has 3 heterocycles. The Morgan fingerprint density at radius 3 is 2.71 bits per heavy atom. The molecule has 2 aromatic heterocycles. The van der Waals surface area contributed by atoms with E-state index in [2.05, 4.69) is 31.3 Å². The summed E-state index contributed by atoms with van der Waals surface area (Å²) in [6, 6.07) is 6.75. The molecule has 1 aliphatic heterocycles. The largest absolute Gasteiger partial charge is 0.325 e. The van der Waals surface area contributed by atoms with Gasteiger partial charge in [0, 0.05) is 10.2 Å². The second kappa shape index (κ2) is 7.13. The predicted molar refractivity (Wildman–Crippen MR) is 107 cm³/mol. The van der Waals surface area contributed by atoms with E-state index in [0.717, 1.165) is 4.47 Å². The van der Waals surface area contributed by atoms with Crippen molar-refractivity contribution in [3.8, 4) is 0 Å². The van der Waals surface area contributed by atoms with Crippen LogP contribution in [0.2, 0.25) is 0 Å². The molecule has 0 spiro atoms. The SMILES string of the molecule is O=C(Cn1cnc2c(cnn2C2CCS(=O)(=O)C2)c1=O)Nc1ccc(Br)cc1. The van der Waals surface area contributed by atoms with Crippen LogP contribution in [0.15, 0.2) is 46.1 Å². The molecule has 1 aromatic carbocycles. The Kier molecular flexibility index (Phi) is 4.79. The highest BCUT2D eigenvalue weighted by Crippen LogP contribution is 2.25. The Labute approximate surface area is 168 Å². The lowest BCUT2D eigenvalue weighted by molar-refractivity contribution is -0.116. The Hall–Kier alpha value is -2.53. The maximum Gasteiger partial charge on any atom is 0.264 e. The third kappa shape index (κ3) is 3.72. The Morgan fingerprint density at radius 2 is 2.04 bits per heavy atom. The number of benzene rings is 1. The summed E-state index contributed by atoms with van der Waals surface area (Å²) in [5.41, 5.74) is 0.547. The van der Waals surface area contributed by atoms with Crippen molar-refractivity contribution < 1.29 is 13.2 Å². The number of carbonyl (C=O) groups is 1. The number of aromatic nitrogens is 4. The number of hydrogen-bond acceptors (Lipinski definition) is 6. The van der Waals surface area contributed by atoms with E-state index in [9.17, 15) is 18.0 Å². The lowest BCUT2D eigenvalue weighted by atomic mass is 10.3. The van der Waals surface area contributed by atoms with Crippen molar-refractivity contribution in [2.24, 2.45) is 0 Å². The summed E-state index contributed by atoms with van der Waals surface area (Å²) in [7, 11) is -3.08. The topological polar surface area (TPSA) is 116 Å². The number of sulfone groups is 1. The van der Waals surface area contributed by atoms with Crippen LogP contribution >= 0.6 is 15.9 Å². The Morgan fingerprint density at radius 1 is 1.29 bits per heavy atom. The standard InChI is InChI=1S/C17H16BrN5O4S/c18-11-1-3-12(4-2-11)21-15(24)8-22-10-19-16-14(17(22)25)7-20-23(16)13-5-6-28(26,27)9-13/h1-4,7,10,13H,5-6,8-9H2,(H,21,24). The van der Waals surface area contributed by atoms with E-state index in [-0.39, 0.29) is 35.4 Å². The molecule has 1 saturated heterocycles. The first kappa shape index (κ1) is 18.8. The second-order valence-electron chi connectivity index (χ2n) is 6.62. The van der Waals surface area contributed by atoms with Crippen molar-refractivity contribution in [2.45, 2.75) is 19.0 Å². The van der Waals surface area contributed by atoms with Gasteiger partial charge in [0.15, 0.2) is 15.5 Å². The van der Waals surface area contributed by atoms with Gasteiger partial charge in [-0.1, -0.05) is 15.9 Å². The molecule has 1 aliphatic rings. The van der Waals surface area contributed by atoms with Gasteiger partial charge >= 0.3 is 0 Å². The van der Waals surface area contributed by atoms with E-state index >= 15 is 0 Å². The van der Waals surface area contributed by atoms with Crippen molar-refractivity contribution in [1.29, 1.82) is 0 Å². The van der Waals surface area contributed by atoms with Crippen molar-refractivity contribution in [2.75, 3.05) is 16.8 Å². The first-order chi connectivity index (χ1) is 13.3. The average Bonchev–Trinajstić information content (AvgIpc) is 3.22. The van der Waals surface area contributed by atoms with Crippen LogP contribution in [0.3, 0.4) is 0 Å². The summed E-state index contributed by atoms with van der Waals surface area (Å²) in [5.74, 6) is -0.268. The molecule has 4 rings (SSSR count). The molecule has 3 aromatic rings. The van der Waals surface area contributed by atoms with Gasteiger partial charge in [-0.2, -0.15) is 5.10 Å². The third-order valence-corrected chi connectivity index (χ3v) is 6.86. The van der Waals surface area contributed by atoms with E-state index in [4.69, 9.17) is 0 Å². The van der Waals surface area contributed by atoms with Crippen LogP contribution < -0.4 is 10.9 Å². The fourth-order valence-electron chi connectivity index (χ4n) is 3.20. The van der Waals surface area contributed by atoms with Crippen molar-refractivity contribution in [1.82, 2.24) is 19.3 Å². The number of amides is 1. The third-order valence-electron chi connectivity index (χ3n) is 4.58. The maximum atomic E-state index is 12.7. The Bertz CT molecular complexity index is 1220. The molecule has 1 unspecified atom stereocenters. The number of hydrogen-bond donors (Lipinski definition) is 1. The van der Waals surface area contributed by atoms with Crippen LogP contribution in [0, 0.1) is 0 Å². The second-order valence-corrected chi connectivity index (χ2v) is 9.76. The molecule has 1 N–H and O–H groups in total. The molecule has 0 radical (unpaired) electrons. The number of fused-ring (bicyclic) bond motifs is 1. The maximum absolute atomic E-state index is 12.7. The molecule has 1 atom stereocenters. The van der Waals surface area contributed by atoms with Gasteiger partial charge in [0.2, 0.25) is 5.91 Å². The van der Waals surface area contributed by atoms with Gasteiger partial charge < -0.3 is 5.32 Å². The molecule has 146 valence electrons. The zero-order valence-electron chi connectivity index (χ0n) is 14.6. The monoisotopic (exact) mass is 465 g/mol. The minimum atomic E-state index is -3.08. The fraction of sp³-hybridized carbons (Fsp3) is 0.294. The van der Waals surface area contributed by atoms with Crippen LogP contribution in [-0.2, 0) is 21.2 Å². The molecule has 11 heteroatoms. The van der Waals surface area contributed by atoms with Crippen LogP contribution in [-0.4, -0.2) is 45.2 Å². The summed E-state index contributed by atoms with van der Waals surface area (Å²) < 4.78 is 27.0. The van der Waals surface area contributed by atoms with Gasteiger partial charge in [0.05, 0.1) is 23.7 Å². The molecular formula is C17H16BrN5O4S. The number of carbonyl (C=O) groups excluding carboxylic acids is 1. The van der Waals surface area contributed by atoms with E-state index < -0.39 is 15.4 Å². The van der Waals surface area contributed by atoms with E-state index in [1.54, 1.807) is 24.3 Å². The summed E-state index contributed by atoms with van der Waals surface area (Å²) in [4.78, 5) is 29.2. The predicted octanol–water partition coefficient (Wildman–Crippen LogP) is 1.35. The zero-order chi connectivity index (χ0) is 19.9. The summed E-state index contributed by atoms with van der Waals surface area (Å²) >= 11 is 3.32. The first-order valence-corrected chi connectivity index (χ1v) is 11.1. The lowest BCUT2D eigenvalue weighted by Crippen LogP contribution is -2.28. The minimum Gasteiger partial charge on any atom is -0.325 e. The van der Waals surface area contributed by atoms with Gasteiger partial charge in [0.1, 0.15) is 18.3 Å². The molecule has 0 bridgehead atoms. The molecule has 0 saturated carbocycles. The van der Waals surface area contributed by atoms with Gasteiger partial charge in [-0.3, -0.25) is 14.2 Å². The van der Waals surface area contributed by atoms with Crippen LogP contribution in [0.25, 0.3) is 11.0 Å². The van der Waals surface area contributed by atoms with Crippen molar-refractivity contribution in [3.05, 3.63) is 51.6 Å². The number of anilines is 1. The van der Waals surface area contributed by atoms with Crippen LogP contribution in [0.4, 0.5) is 5.69 Å². The number of nitrogens with zero attached hydrogens (tertiary/aromatic N) is 4. The molecule has 1 amide bonds. The average molecular weight is 466 g/mol. The van der Waals surface area contributed by atoms with Gasteiger partial charge in [-0.05, 0) is 30.7 Å². The van der Waals surface area contributed by atoms with Crippen molar-refractivity contribution in [3.63, 3.8) is 0 Å². The number of rotatable bonds is 4. The summed E-state index contributed by atoms with van der Waals surface area (Å²) in [5, 5.41) is 7.14. The Balaban J connectivity index is 1.56. The smallest absolute Gasteiger partial charge is 0.264 e. The molecule has 1 fully saturated rings. The molecule has 28 heavy (non-hydrogen) atoms. The van der Waals surface area contributed by atoms with Gasteiger partial charge in [0.25, 0.3) is 5.56 Å². The van der Waals surface area contributed by atoms with Crippen LogP contribution in [0.5, 0.6) is 0 Å². The van der Waals surface area contributed by atoms with Gasteiger partial charge in [-0.15, -0.1) is 0 Å². The van der Waals surface area contributed by atoms with Gasteiger partial charge in [-0.25, -0.2) is 18.1 Å². The fourth-order valence-corrected chi connectivity index (χ4v) is 5.16. The highest BCUT2D eigenvalue weighted by atomic mass is 79.9. The molecule has 9 nitrogen and oxygen atoms in total. The van der Waals surface area contributed by atoms with Crippen molar-refractivity contribution >= 4 is 48.4 Å². The van der Waals surface area contributed by atoms with E-state index in [1.165, 1.54) is 21.8 Å². The quantitative estimate of drug-likeness (QED) is 0.621.